The molecule has 20 heavy (non-hydrogen) atoms. The maximum Gasteiger partial charge on any atom is 0.343 e. The van der Waals surface area contributed by atoms with Gasteiger partial charge in [0.15, 0.2) is 0 Å². The number of nitrogens with zero attached hydrogens (tertiary/aromatic N) is 4. The zero-order chi connectivity index (χ0) is 14.5. The molecular weight excluding hydrogens is 262 g/mol. The van der Waals surface area contributed by atoms with E-state index in [4.69, 9.17) is 4.74 Å². The van der Waals surface area contributed by atoms with Gasteiger partial charge in [0, 0.05) is 19.4 Å². The Morgan fingerprint density at radius 1 is 1.30 bits per heavy atom. The maximum absolute atomic E-state index is 12.0. The van der Waals surface area contributed by atoms with Gasteiger partial charge >= 0.3 is 5.97 Å². The molecule has 2 heterocycles. The van der Waals surface area contributed by atoms with Crippen molar-refractivity contribution >= 4 is 17.7 Å². The number of amides is 1. The van der Waals surface area contributed by atoms with Crippen LogP contribution in [0.1, 0.15) is 27.6 Å². The second-order valence-electron chi connectivity index (χ2n) is 3.83. The summed E-state index contributed by atoms with van der Waals surface area (Å²) >= 11 is 0. The lowest BCUT2D eigenvalue weighted by Crippen LogP contribution is -2.18. The van der Waals surface area contributed by atoms with Crippen LogP contribution in [-0.2, 0) is 11.8 Å². The third-order valence-corrected chi connectivity index (χ3v) is 2.49. The Balaban J connectivity index is 2.23. The minimum atomic E-state index is -0.541. The summed E-state index contributed by atoms with van der Waals surface area (Å²) in [6, 6.07) is 0. The van der Waals surface area contributed by atoms with E-state index in [0.29, 0.717) is 0 Å². The second kappa shape index (κ2) is 5.91. The second-order valence-corrected chi connectivity index (χ2v) is 3.83. The minimum absolute atomic E-state index is 0.194. The highest BCUT2D eigenvalue weighted by molar-refractivity contribution is 6.06. The van der Waals surface area contributed by atoms with Crippen molar-refractivity contribution in [3.8, 4) is 0 Å². The van der Waals surface area contributed by atoms with E-state index in [-0.39, 0.29) is 23.6 Å². The molecule has 8 heteroatoms. The van der Waals surface area contributed by atoms with Gasteiger partial charge in [-0.1, -0.05) is 0 Å². The van der Waals surface area contributed by atoms with E-state index in [1.54, 1.807) is 14.0 Å². The highest BCUT2D eigenvalue weighted by Gasteiger charge is 2.19. The molecule has 0 aliphatic carbocycles. The molecule has 2 rings (SSSR count). The van der Waals surface area contributed by atoms with Crippen LogP contribution in [0.5, 0.6) is 0 Å². The largest absolute Gasteiger partial charge is 0.462 e. The van der Waals surface area contributed by atoms with Crippen LogP contribution in [-0.4, -0.2) is 38.2 Å². The van der Waals surface area contributed by atoms with E-state index in [1.807, 2.05) is 0 Å². The number of carbonyl (C=O) groups is 2. The van der Waals surface area contributed by atoms with Crippen LogP contribution >= 0.6 is 0 Å². The zero-order valence-corrected chi connectivity index (χ0v) is 11.0. The SMILES string of the molecule is CCOC(=O)c1cnn(C)c1NC(=O)c1cncnc1. The smallest absolute Gasteiger partial charge is 0.343 e. The van der Waals surface area contributed by atoms with Gasteiger partial charge in [-0.2, -0.15) is 5.10 Å². The molecule has 1 amide bonds. The van der Waals surface area contributed by atoms with Gasteiger partial charge in [0.05, 0.1) is 18.4 Å². The summed E-state index contributed by atoms with van der Waals surface area (Å²) in [5, 5.41) is 6.53. The monoisotopic (exact) mass is 275 g/mol. The molecule has 0 aromatic carbocycles. The lowest BCUT2D eigenvalue weighted by Gasteiger charge is -2.07. The van der Waals surface area contributed by atoms with Crippen LogP contribution in [0.25, 0.3) is 0 Å². The number of carbonyl (C=O) groups excluding carboxylic acids is 2. The third kappa shape index (κ3) is 2.79. The lowest BCUT2D eigenvalue weighted by molar-refractivity contribution is 0.0527. The molecule has 0 spiro atoms. The summed E-state index contributed by atoms with van der Waals surface area (Å²) in [5.74, 6) is -0.711. The Hall–Kier alpha value is -2.77. The standard InChI is InChI=1S/C12H13N5O3/c1-3-20-12(19)9-6-15-17(2)10(9)16-11(18)8-4-13-7-14-5-8/h4-7H,3H2,1-2H3,(H,16,18). The molecule has 2 aromatic heterocycles. The van der Waals surface area contributed by atoms with Gasteiger partial charge in [-0.3, -0.25) is 9.48 Å². The molecule has 2 aromatic rings. The van der Waals surface area contributed by atoms with E-state index in [1.165, 1.54) is 29.6 Å². The van der Waals surface area contributed by atoms with Gasteiger partial charge in [0.2, 0.25) is 0 Å². The van der Waals surface area contributed by atoms with Crippen molar-refractivity contribution in [1.29, 1.82) is 0 Å². The topological polar surface area (TPSA) is 99.0 Å². The highest BCUT2D eigenvalue weighted by Crippen LogP contribution is 2.16. The van der Waals surface area contributed by atoms with Gasteiger partial charge in [-0.25, -0.2) is 14.8 Å². The molecule has 0 aliphatic rings. The summed E-state index contributed by atoms with van der Waals surface area (Å²) in [5.41, 5.74) is 0.475. The Kier molecular flexibility index (Phi) is 4.04. The van der Waals surface area contributed by atoms with Crippen LogP contribution in [0, 0.1) is 0 Å². The highest BCUT2D eigenvalue weighted by atomic mass is 16.5. The van der Waals surface area contributed by atoms with E-state index in [0.717, 1.165) is 0 Å². The summed E-state index contributed by atoms with van der Waals surface area (Å²) in [6.07, 6.45) is 5.42. The van der Waals surface area contributed by atoms with E-state index < -0.39 is 11.9 Å². The number of nitrogens with one attached hydrogen (secondary N) is 1. The lowest BCUT2D eigenvalue weighted by atomic mass is 10.3. The van der Waals surface area contributed by atoms with Crippen LogP contribution in [0.15, 0.2) is 24.9 Å². The first-order valence-electron chi connectivity index (χ1n) is 5.89. The summed E-state index contributed by atoms with van der Waals surface area (Å²) < 4.78 is 6.28. The summed E-state index contributed by atoms with van der Waals surface area (Å²) in [6.45, 7) is 1.95. The predicted octanol–water partition coefficient (Wildman–Crippen LogP) is 0.639. The van der Waals surface area contributed by atoms with Crippen molar-refractivity contribution in [2.75, 3.05) is 11.9 Å². The average molecular weight is 275 g/mol. The molecule has 0 bridgehead atoms. The van der Waals surface area contributed by atoms with Crippen LogP contribution < -0.4 is 5.32 Å². The number of aromatic nitrogens is 4. The van der Waals surface area contributed by atoms with E-state index in [2.05, 4.69) is 20.4 Å². The first-order chi connectivity index (χ1) is 9.63. The molecule has 0 saturated heterocycles. The first-order valence-corrected chi connectivity index (χ1v) is 5.89. The number of ether oxygens (including phenoxy) is 1. The molecule has 0 unspecified atom stereocenters. The van der Waals surface area contributed by atoms with Gasteiger partial charge < -0.3 is 10.1 Å². The van der Waals surface area contributed by atoms with Crippen molar-refractivity contribution in [1.82, 2.24) is 19.7 Å². The molecule has 104 valence electrons. The fourth-order valence-corrected chi connectivity index (χ4v) is 1.54. The van der Waals surface area contributed by atoms with Gasteiger partial charge in [0.1, 0.15) is 17.7 Å². The molecule has 0 atom stereocenters. The minimum Gasteiger partial charge on any atom is -0.462 e. The zero-order valence-electron chi connectivity index (χ0n) is 11.0. The number of hydrogen-bond acceptors (Lipinski definition) is 6. The van der Waals surface area contributed by atoms with Crippen molar-refractivity contribution in [3.05, 3.63) is 36.0 Å². The van der Waals surface area contributed by atoms with Crippen LogP contribution in [0.3, 0.4) is 0 Å². The maximum atomic E-state index is 12.0. The van der Waals surface area contributed by atoms with Crippen LogP contribution in [0.4, 0.5) is 5.82 Å². The molecule has 1 N–H and O–H groups in total. The van der Waals surface area contributed by atoms with Gasteiger partial charge in [-0.05, 0) is 6.92 Å². The van der Waals surface area contributed by atoms with E-state index in [9.17, 15) is 9.59 Å². The third-order valence-electron chi connectivity index (χ3n) is 2.49. The Labute approximate surface area is 114 Å². The van der Waals surface area contributed by atoms with Gasteiger partial charge in [-0.15, -0.1) is 0 Å². The molecule has 0 radical (unpaired) electrons. The Morgan fingerprint density at radius 2 is 2.00 bits per heavy atom. The molecule has 8 nitrogen and oxygen atoms in total. The fourth-order valence-electron chi connectivity index (χ4n) is 1.54. The Bertz CT molecular complexity index is 623. The number of esters is 1. The van der Waals surface area contributed by atoms with Crippen LogP contribution in [0.2, 0.25) is 0 Å². The van der Waals surface area contributed by atoms with Crippen molar-refractivity contribution in [3.63, 3.8) is 0 Å². The summed E-state index contributed by atoms with van der Waals surface area (Å²) in [4.78, 5) is 31.3. The quantitative estimate of drug-likeness (QED) is 0.822. The fraction of sp³-hybridized carbons (Fsp3) is 0.250. The van der Waals surface area contributed by atoms with Gasteiger partial charge in [0.25, 0.3) is 5.91 Å². The van der Waals surface area contributed by atoms with Crippen molar-refractivity contribution in [2.45, 2.75) is 6.92 Å². The van der Waals surface area contributed by atoms with Crippen molar-refractivity contribution in [2.24, 2.45) is 7.05 Å². The normalized spacial score (nSPS) is 10.1. The first kappa shape index (κ1) is 13.7. The molecule has 0 aliphatic heterocycles. The number of anilines is 1. The number of hydrogen-bond donors (Lipinski definition) is 1. The average Bonchev–Trinajstić information content (AvgIpc) is 2.81. The predicted molar refractivity (Wildman–Crippen MR) is 69.1 cm³/mol. The number of rotatable bonds is 4. The molecule has 0 saturated carbocycles. The van der Waals surface area contributed by atoms with E-state index >= 15 is 0 Å². The summed E-state index contributed by atoms with van der Waals surface area (Å²) in [7, 11) is 1.61. The van der Waals surface area contributed by atoms with Crippen molar-refractivity contribution < 1.29 is 14.3 Å². The molecule has 0 fully saturated rings. The number of aryl methyl sites for hydroxylation is 1. The Morgan fingerprint density at radius 3 is 2.65 bits per heavy atom. The molecular formula is C12H13N5O3.